The lowest BCUT2D eigenvalue weighted by molar-refractivity contribution is -0.0328. The number of carboxylic acid groups (broad SMARTS) is 1. The van der Waals surface area contributed by atoms with Crippen molar-refractivity contribution in [2.75, 3.05) is 6.26 Å². The van der Waals surface area contributed by atoms with Gasteiger partial charge in [0.1, 0.15) is 0 Å². The van der Waals surface area contributed by atoms with Gasteiger partial charge in [-0.2, -0.15) is 13.2 Å². The van der Waals surface area contributed by atoms with E-state index in [0.29, 0.717) is 6.07 Å². The fourth-order valence-electron chi connectivity index (χ4n) is 1.18. The van der Waals surface area contributed by atoms with Gasteiger partial charge in [-0.05, 0) is 30.0 Å². The van der Waals surface area contributed by atoms with E-state index in [-0.39, 0.29) is 4.90 Å². The number of hydrogen-bond acceptors (Lipinski definition) is 4. The molecule has 0 saturated heterocycles. The maximum absolute atomic E-state index is 12.1. The van der Waals surface area contributed by atoms with Crippen LogP contribution in [0.15, 0.2) is 28.0 Å². The largest absolute Gasteiger partial charge is 0.478 e. The monoisotopic (exact) mass is 300 g/mol. The van der Waals surface area contributed by atoms with E-state index in [0.717, 1.165) is 18.4 Å². The molecule has 0 spiro atoms. The quantitative estimate of drug-likeness (QED) is 0.868. The second kappa shape index (κ2) is 4.81. The van der Waals surface area contributed by atoms with Crippen LogP contribution in [0.4, 0.5) is 13.2 Å². The molecule has 0 aliphatic rings. The van der Waals surface area contributed by atoms with Gasteiger partial charge >= 0.3 is 11.5 Å². The normalized spacial score (nSPS) is 12.4. The summed E-state index contributed by atoms with van der Waals surface area (Å²) in [5.74, 6) is -1.51. The average Bonchev–Trinajstić information content (AvgIpc) is 2.13. The Hall–Kier alpha value is -1.22. The molecule has 0 unspecified atom stereocenters. The zero-order valence-electron chi connectivity index (χ0n) is 8.85. The third-order valence-corrected chi connectivity index (χ3v) is 3.67. The molecule has 1 aromatic carbocycles. The molecule has 0 radical (unpaired) electrons. The first-order valence-corrected chi connectivity index (χ1v) is 7.04. The second-order valence-electron chi connectivity index (χ2n) is 3.28. The van der Waals surface area contributed by atoms with E-state index in [4.69, 9.17) is 5.11 Å². The van der Waals surface area contributed by atoms with Gasteiger partial charge in [-0.25, -0.2) is 13.2 Å². The number of halogens is 3. The van der Waals surface area contributed by atoms with Crippen LogP contribution in [0.1, 0.15) is 10.4 Å². The molecule has 0 saturated carbocycles. The number of alkyl halides is 3. The van der Waals surface area contributed by atoms with Crippen LogP contribution in [0.5, 0.6) is 0 Å². The van der Waals surface area contributed by atoms with Gasteiger partial charge in [0.05, 0.1) is 10.5 Å². The first-order valence-electron chi connectivity index (χ1n) is 4.34. The minimum Gasteiger partial charge on any atom is -0.478 e. The van der Waals surface area contributed by atoms with E-state index in [1.54, 1.807) is 0 Å². The molecule has 9 heteroatoms. The van der Waals surface area contributed by atoms with Crippen molar-refractivity contribution < 1.29 is 31.5 Å². The SMILES string of the molecule is CS(=O)(=O)c1cc(SC(F)(F)F)ccc1C(=O)O. The van der Waals surface area contributed by atoms with Crippen LogP contribution in [0.2, 0.25) is 0 Å². The summed E-state index contributed by atoms with van der Waals surface area (Å²) in [7, 11) is -3.92. The van der Waals surface area contributed by atoms with E-state index in [1.807, 2.05) is 0 Å². The van der Waals surface area contributed by atoms with E-state index in [2.05, 4.69) is 0 Å². The molecule has 100 valence electrons. The highest BCUT2D eigenvalue weighted by Gasteiger charge is 2.30. The summed E-state index contributed by atoms with van der Waals surface area (Å²) in [5.41, 5.74) is -5.12. The summed E-state index contributed by atoms with van der Waals surface area (Å²) in [6, 6.07) is 2.46. The van der Waals surface area contributed by atoms with Crippen LogP contribution in [0, 0.1) is 0 Å². The first kappa shape index (κ1) is 14.8. The predicted molar refractivity (Wildman–Crippen MR) is 58.4 cm³/mol. The Morgan fingerprint density at radius 3 is 2.28 bits per heavy atom. The highest BCUT2D eigenvalue weighted by molar-refractivity contribution is 8.00. The van der Waals surface area contributed by atoms with Crippen LogP contribution in [0.25, 0.3) is 0 Å². The summed E-state index contributed by atoms with van der Waals surface area (Å²) in [5, 5.41) is 8.76. The summed E-state index contributed by atoms with van der Waals surface area (Å²) in [4.78, 5) is 9.75. The molecule has 0 fully saturated rings. The molecule has 4 nitrogen and oxygen atoms in total. The van der Waals surface area contributed by atoms with Crippen LogP contribution < -0.4 is 0 Å². The maximum Gasteiger partial charge on any atom is 0.446 e. The first-order chi connectivity index (χ1) is 8.00. The van der Waals surface area contributed by atoms with Crippen LogP contribution in [0.3, 0.4) is 0 Å². The lowest BCUT2D eigenvalue weighted by Gasteiger charge is -2.09. The Morgan fingerprint density at radius 2 is 1.89 bits per heavy atom. The number of hydrogen-bond donors (Lipinski definition) is 1. The predicted octanol–water partition coefficient (Wildman–Crippen LogP) is 2.40. The third-order valence-electron chi connectivity index (χ3n) is 1.82. The summed E-state index contributed by atoms with van der Waals surface area (Å²) in [6.07, 6.45) is 0.733. The zero-order valence-corrected chi connectivity index (χ0v) is 10.5. The van der Waals surface area contributed by atoms with Gasteiger partial charge in [-0.15, -0.1) is 0 Å². The Labute approximate surface area is 105 Å². The topological polar surface area (TPSA) is 71.4 Å². The Balaban J connectivity index is 3.36. The molecule has 1 rings (SSSR count). The third kappa shape index (κ3) is 3.91. The van der Waals surface area contributed by atoms with Crippen LogP contribution in [-0.4, -0.2) is 31.3 Å². The van der Waals surface area contributed by atoms with Crippen molar-refractivity contribution in [1.29, 1.82) is 0 Å². The lowest BCUT2D eigenvalue weighted by atomic mass is 10.2. The van der Waals surface area contributed by atoms with Crippen molar-refractivity contribution >= 4 is 27.6 Å². The number of rotatable bonds is 3. The zero-order chi connectivity index (χ0) is 14.1. The molecule has 0 aromatic heterocycles. The van der Waals surface area contributed by atoms with Gasteiger partial charge in [0, 0.05) is 11.2 Å². The number of carboxylic acids is 1. The molecule has 0 atom stereocenters. The Morgan fingerprint density at radius 1 is 1.33 bits per heavy atom. The highest BCUT2D eigenvalue weighted by Crippen LogP contribution is 2.38. The molecular formula is C9H7F3O4S2. The van der Waals surface area contributed by atoms with E-state index < -0.39 is 43.5 Å². The Bertz CT molecular complexity index is 578. The van der Waals surface area contributed by atoms with Gasteiger partial charge in [0.2, 0.25) is 0 Å². The van der Waals surface area contributed by atoms with E-state index in [1.165, 1.54) is 0 Å². The van der Waals surface area contributed by atoms with Gasteiger partial charge in [-0.3, -0.25) is 0 Å². The van der Waals surface area contributed by atoms with Gasteiger partial charge in [0.15, 0.2) is 9.84 Å². The second-order valence-corrected chi connectivity index (χ2v) is 6.41. The molecule has 18 heavy (non-hydrogen) atoms. The van der Waals surface area contributed by atoms with Crippen molar-refractivity contribution in [2.24, 2.45) is 0 Å². The van der Waals surface area contributed by atoms with Gasteiger partial charge < -0.3 is 5.11 Å². The number of benzene rings is 1. The molecule has 1 aromatic rings. The van der Waals surface area contributed by atoms with Crippen molar-refractivity contribution in [3.05, 3.63) is 23.8 Å². The maximum atomic E-state index is 12.1. The number of thioether (sulfide) groups is 1. The fraction of sp³-hybridized carbons (Fsp3) is 0.222. The summed E-state index contributed by atoms with van der Waals surface area (Å²) >= 11 is -0.506. The summed E-state index contributed by atoms with van der Waals surface area (Å²) < 4.78 is 59.0. The van der Waals surface area contributed by atoms with Gasteiger partial charge in [-0.1, -0.05) is 0 Å². The molecule has 0 aliphatic carbocycles. The lowest BCUT2D eigenvalue weighted by Crippen LogP contribution is -2.08. The standard InChI is InChI=1S/C9H7F3O4S2/c1-18(15,16)7-4-5(17-9(10,11)12)2-3-6(7)8(13)14/h2-4H,1H3,(H,13,14). The van der Waals surface area contributed by atoms with Crippen LogP contribution >= 0.6 is 11.8 Å². The highest BCUT2D eigenvalue weighted by atomic mass is 32.2. The smallest absolute Gasteiger partial charge is 0.446 e. The molecular weight excluding hydrogens is 293 g/mol. The number of aromatic carboxylic acids is 1. The van der Waals surface area contributed by atoms with E-state index in [9.17, 15) is 26.4 Å². The summed E-state index contributed by atoms with van der Waals surface area (Å²) in [6.45, 7) is 0. The number of carbonyl (C=O) groups is 1. The van der Waals surface area contributed by atoms with E-state index >= 15 is 0 Å². The molecule has 0 bridgehead atoms. The minimum absolute atomic E-state index is 0.382. The minimum atomic E-state index is -4.57. The van der Waals surface area contributed by atoms with Crippen molar-refractivity contribution in [3.63, 3.8) is 0 Å². The van der Waals surface area contributed by atoms with Gasteiger partial charge in [0.25, 0.3) is 0 Å². The van der Waals surface area contributed by atoms with Crippen molar-refractivity contribution in [2.45, 2.75) is 15.3 Å². The molecule has 0 heterocycles. The van der Waals surface area contributed by atoms with Crippen molar-refractivity contribution in [3.8, 4) is 0 Å². The average molecular weight is 300 g/mol. The van der Waals surface area contributed by atoms with Crippen molar-refractivity contribution in [1.82, 2.24) is 0 Å². The number of sulfone groups is 1. The molecule has 0 aliphatic heterocycles. The fourth-order valence-corrected chi connectivity index (χ4v) is 2.73. The van der Waals surface area contributed by atoms with Crippen LogP contribution in [-0.2, 0) is 9.84 Å². The Kier molecular flexibility index (Phi) is 3.96. The molecule has 1 N–H and O–H groups in total. The molecule has 0 amide bonds.